The molecule has 5 nitrogen and oxygen atoms in total. The minimum atomic E-state index is -0.417. The number of amides is 2. The molecule has 1 fully saturated rings. The Bertz CT molecular complexity index is 763. The van der Waals surface area contributed by atoms with E-state index < -0.39 is 5.92 Å². The Kier molecular flexibility index (Phi) is 4.30. The molecule has 1 aliphatic heterocycles. The number of nitrogens with zero attached hydrogens (tertiary/aromatic N) is 2. The van der Waals surface area contributed by atoms with Crippen LogP contribution in [0.3, 0.4) is 0 Å². The summed E-state index contributed by atoms with van der Waals surface area (Å²) in [5.41, 5.74) is 1.52. The summed E-state index contributed by atoms with van der Waals surface area (Å²) >= 11 is 6.14. The number of rotatable bonds is 3. The lowest BCUT2D eigenvalue weighted by Gasteiger charge is -2.18. The van der Waals surface area contributed by atoms with Crippen molar-refractivity contribution in [2.24, 2.45) is 5.92 Å². The quantitative estimate of drug-likeness (QED) is 0.941. The highest BCUT2D eigenvalue weighted by Gasteiger charge is 2.36. The van der Waals surface area contributed by atoms with Crippen molar-refractivity contribution in [1.29, 1.82) is 0 Å². The second kappa shape index (κ2) is 6.38. The van der Waals surface area contributed by atoms with Crippen LogP contribution < -0.4 is 10.2 Å². The molecule has 1 aromatic heterocycles. The molecule has 0 saturated carbocycles. The molecule has 1 aromatic carbocycles. The Morgan fingerprint density at radius 3 is 2.83 bits per heavy atom. The Balaban J connectivity index is 1.74. The highest BCUT2D eigenvalue weighted by atomic mass is 35.5. The number of nitrogens with one attached hydrogen (secondary N) is 1. The molecule has 1 aliphatic rings. The van der Waals surface area contributed by atoms with Crippen LogP contribution in [0.4, 0.5) is 11.5 Å². The third-order valence-electron chi connectivity index (χ3n) is 3.89. The number of para-hydroxylation sites is 1. The van der Waals surface area contributed by atoms with E-state index in [0.29, 0.717) is 23.1 Å². The molecule has 0 unspecified atom stereocenters. The second-order valence-electron chi connectivity index (χ2n) is 5.51. The van der Waals surface area contributed by atoms with Gasteiger partial charge >= 0.3 is 0 Å². The number of hydrogen-bond acceptors (Lipinski definition) is 3. The molecule has 2 aromatic rings. The average molecular weight is 330 g/mol. The fraction of sp³-hybridized carbons (Fsp3) is 0.235. The molecule has 118 valence electrons. The van der Waals surface area contributed by atoms with Crippen LogP contribution in [0.5, 0.6) is 0 Å². The summed E-state index contributed by atoms with van der Waals surface area (Å²) in [5.74, 6) is -0.188. The number of carbonyl (C=O) groups is 2. The van der Waals surface area contributed by atoms with E-state index in [1.165, 1.54) is 0 Å². The van der Waals surface area contributed by atoms with E-state index in [2.05, 4.69) is 10.3 Å². The fourth-order valence-corrected chi connectivity index (χ4v) is 2.86. The predicted octanol–water partition coefficient (Wildman–Crippen LogP) is 3.04. The van der Waals surface area contributed by atoms with Crippen molar-refractivity contribution in [2.45, 2.75) is 13.3 Å². The maximum atomic E-state index is 12.4. The SMILES string of the molecule is Cc1cccnc1NC(=O)[C@H]1CC(=O)N(c2ccccc2Cl)C1. The number of pyridine rings is 1. The van der Waals surface area contributed by atoms with E-state index in [1.807, 2.05) is 25.1 Å². The molecule has 1 atom stereocenters. The van der Waals surface area contributed by atoms with Crippen molar-refractivity contribution in [3.8, 4) is 0 Å². The van der Waals surface area contributed by atoms with Gasteiger partial charge in [0.25, 0.3) is 0 Å². The average Bonchev–Trinajstić information content (AvgIpc) is 2.92. The zero-order chi connectivity index (χ0) is 16.4. The summed E-state index contributed by atoms with van der Waals surface area (Å²) < 4.78 is 0. The molecular formula is C17H16ClN3O2. The van der Waals surface area contributed by atoms with E-state index >= 15 is 0 Å². The summed E-state index contributed by atoms with van der Waals surface area (Å²) in [5, 5.41) is 3.30. The zero-order valence-corrected chi connectivity index (χ0v) is 13.4. The molecule has 0 radical (unpaired) electrons. The van der Waals surface area contributed by atoms with E-state index in [-0.39, 0.29) is 18.2 Å². The smallest absolute Gasteiger partial charge is 0.230 e. The molecule has 23 heavy (non-hydrogen) atoms. The van der Waals surface area contributed by atoms with E-state index in [0.717, 1.165) is 5.56 Å². The molecule has 2 heterocycles. The summed E-state index contributed by atoms with van der Waals surface area (Å²) in [4.78, 5) is 30.4. The van der Waals surface area contributed by atoms with Gasteiger partial charge in [-0.15, -0.1) is 0 Å². The summed E-state index contributed by atoms with van der Waals surface area (Å²) in [6.07, 6.45) is 1.79. The highest BCUT2D eigenvalue weighted by Crippen LogP contribution is 2.31. The molecule has 0 aliphatic carbocycles. The molecule has 0 spiro atoms. The first-order valence-corrected chi connectivity index (χ1v) is 7.71. The van der Waals surface area contributed by atoms with E-state index in [4.69, 9.17) is 11.6 Å². The number of aromatic nitrogens is 1. The number of anilines is 2. The van der Waals surface area contributed by atoms with E-state index in [1.54, 1.807) is 29.3 Å². The third-order valence-corrected chi connectivity index (χ3v) is 4.21. The molecule has 1 N–H and O–H groups in total. The number of carbonyl (C=O) groups excluding carboxylic acids is 2. The van der Waals surface area contributed by atoms with Crippen LogP contribution in [-0.2, 0) is 9.59 Å². The van der Waals surface area contributed by atoms with Gasteiger partial charge in [0.1, 0.15) is 5.82 Å². The molecule has 1 saturated heterocycles. The van der Waals surface area contributed by atoms with Crippen LogP contribution in [0.1, 0.15) is 12.0 Å². The van der Waals surface area contributed by atoms with Crippen molar-refractivity contribution in [2.75, 3.05) is 16.8 Å². The molecular weight excluding hydrogens is 314 g/mol. The first-order valence-electron chi connectivity index (χ1n) is 7.33. The maximum Gasteiger partial charge on any atom is 0.230 e. The van der Waals surface area contributed by atoms with Gasteiger partial charge in [-0.05, 0) is 30.7 Å². The molecule has 0 bridgehead atoms. The first kappa shape index (κ1) is 15.5. The fourth-order valence-electron chi connectivity index (χ4n) is 2.62. The lowest BCUT2D eigenvalue weighted by atomic mass is 10.1. The normalized spacial score (nSPS) is 17.4. The van der Waals surface area contributed by atoms with Crippen molar-refractivity contribution >= 4 is 34.9 Å². The van der Waals surface area contributed by atoms with Crippen LogP contribution in [0.25, 0.3) is 0 Å². The Morgan fingerprint density at radius 1 is 1.30 bits per heavy atom. The minimum absolute atomic E-state index is 0.101. The molecule has 2 amide bonds. The monoisotopic (exact) mass is 329 g/mol. The van der Waals surface area contributed by atoms with Gasteiger partial charge in [-0.3, -0.25) is 9.59 Å². The van der Waals surface area contributed by atoms with Gasteiger partial charge in [-0.1, -0.05) is 29.8 Å². The van der Waals surface area contributed by atoms with Crippen molar-refractivity contribution in [3.05, 3.63) is 53.2 Å². The Hall–Kier alpha value is -2.40. The van der Waals surface area contributed by atoms with E-state index in [9.17, 15) is 9.59 Å². The topological polar surface area (TPSA) is 62.3 Å². The van der Waals surface area contributed by atoms with Gasteiger partial charge in [-0.2, -0.15) is 0 Å². The standard InChI is InChI=1S/C17H16ClN3O2/c1-11-5-4-8-19-16(11)20-17(23)12-9-15(22)21(10-12)14-7-3-2-6-13(14)18/h2-8,12H,9-10H2,1H3,(H,19,20,23)/t12-/m0/s1. The van der Waals surface area contributed by atoms with Gasteiger partial charge in [0.15, 0.2) is 0 Å². The van der Waals surface area contributed by atoms with Gasteiger partial charge in [0, 0.05) is 19.2 Å². The summed E-state index contributed by atoms with van der Waals surface area (Å²) in [6, 6.07) is 10.8. The predicted molar refractivity (Wildman–Crippen MR) is 89.5 cm³/mol. The van der Waals surface area contributed by atoms with Gasteiger partial charge in [0.05, 0.1) is 16.6 Å². The lowest BCUT2D eigenvalue weighted by Crippen LogP contribution is -2.28. The van der Waals surface area contributed by atoms with Crippen molar-refractivity contribution in [1.82, 2.24) is 4.98 Å². The van der Waals surface area contributed by atoms with Crippen LogP contribution in [-0.4, -0.2) is 23.3 Å². The maximum absolute atomic E-state index is 12.4. The Morgan fingerprint density at radius 2 is 2.09 bits per heavy atom. The summed E-state index contributed by atoms with van der Waals surface area (Å²) in [6.45, 7) is 2.19. The number of benzene rings is 1. The van der Waals surface area contributed by atoms with Crippen LogP contribution in [0.15, 0.2) is 42.6 Å². The van der Waals surface area contributed by atoms with Crippen LogP contribution in [0.2, 0.25) is 5.02 Å². The summed E-state index contributed by atoms with van der Waals surface area (Å²) in [7, 11) is 0. The van der Waals surface area contributed by atoms with Gasteiger partial charge < -0.3 is 10.2 Å². The zero-order valence-electron chi connectivity index (χ0n) is 12.6. The molecule has 6 heteroatoms. The number of hydrogen-bond donors (Lipinski definition) is 1. The highest BCUT2D eigenvalue weighted by molar-refractivity contribution is 6.33. The second-order valence-corrected chi connectivity index (χ2v) is 5.92. The number of halogens is 1. The van der Waals surface area contributed by atoms with Crippen LogP contribution in [0, 0.1) is 12.8 Å². The van der Waals surface area contributed by atoms with Crippen molar-refractivity contribution < 1.29 is 9.59 Å². The van der Waals surface area contributed by atoms with Crippen molar-refractivity contribution in [3.63, 3.8) is 0 Å². The van der Waals surface area contributed by atoms with Gasteiger partial charge in [-0.25, -0.2) is 4.98 Å². The first-order chi connectivity index (χ1) is 11.1. The Labute approximate surface area is 139 Å². The number of aryl methyl sites for hydroxylation is 1. The largest absolute Gasteiger partial charge is 0.310 e. The third kappa shape index (κ3) is 3.19. The van der Waals surface area contributed by atoms with Crippen LogP contribution >= 0.6 is 11.6 Å². The van der Waals surface area contributed by atoms with Gasteiger partial charge in [0.2, 0.25) is 11.8 Å². The lowest BCUT2D eigenvalue weighted by molar-refractivity contribution is -0.122. The molecule has 3 rings (SSSR count). The minimum Gasteiger partial charge on any atom is -0.310 e.